The highest BCUT2D eigenvalue weighted by atomic mass is 16.5. The molecule has 0 aromatic heterocycles. The molecule has 0 radical (unpaired) electrons. The smallest absolute Gasteiger partial charge is 0.227 e. The first-order valence-electron chi connectivity index (χ1n) is 6.43. The van der Waals surface area contributed by atoms with Crippen molar-refractivity contribution in [3.63, 3.8) is 0 Å². The Morgan fingerprint density at radius 1 is 1.53 bits per heavy atom. The minimum Gasteiger partial charge on any atom is -0.394 e. The molecule has 100 valence electrons. The molecule has 17 heavy (non-hydrogen) atoms. The minimum absolute atomic E-state index is 0.0526. The third-order valence-corrected chi connectivity index (χ3v) is 3.39. The second kappa shape index (κ2) is 7.63. The second-order valence-corrected chi connectivity index (χ2v) is 4.51. The van der Waals surface area contributed by atoms with Crippen LogP contribution in [0, 0.1) is 5.41 Å². The molecule has 3 N–H and O–H groups in total. The fourth-order valence-electron chi connectivity index (χ4n) is 2.13. The third kappa shape index (κ3) is 4.26. The average Bonchev–Trinajstić information content (AvgIpc) is 2.83. The molecule has 0 aromatic carbocycles. The number of ether oxygens (including phenoxy) is 1. The average molecular weight is 244 g/mol. The van der Waals surface area contributed by atoms with E-state index in [2.05, 4.69) is 17.6 Å². The molecule has 1 aliphatic rings. The highest BCUT2D eigenvalue weighted by Crippen LogP contribution is 2.29. The molecule has 0 aromatic rings. The van der Waals surface area contributed by atoms with Crippen LogP contribution >= 0.6 is 0 Å². The summed E-state index contributed by atoms with van der Waals surface area (Å²) in [6.45, 7) is 5.44. The van der Waals surface area contributed by atoms with Crippen LogP contribution in [-0.4, -0.2) is 50.5 Å². The van der Waals surface area contributed by atoms with Gasteiger partial charge in [0.05, 0.1) is 18.6 Å². The van der Waals surface area contributed by atoms with Crippen molar-refractivity contribution in [1.29, 1.82) is 0 Å². The van der Waals surface area contributed by atoms with Gasteiger partial charge in [-0.25, -0.2) is 0 Å². The SMILES string of the molecule is CCC1(C(=O)NCCCOCCO)CCNC1. The number of carbonyl (C=O) groups excluding carboxylic acids is 1. The number of nitrogens with one attached hydrogen (secondary N) is 2. The van der Waals surface area contributed by atoms with Crippen LogP contribution in [0.5, 0.6) is 0 Å². The van der Waals surface area contributed by atoms with Crippen molar-refractivity contribution in [2.75, 3.05) is 39.5 Å². The van der Waals surface area contributed by atoms with Gasteiger partial charge in [0.15, 0.2) is 0 Å². The Hall–Kier alpha value is -0.650. The van der Waals surface area contributed by atoms with E-state index in [1.54, 1.807) is 0 Å². The maximum atomic E-state index is 12.1. The minimum atomic E-state index is -0.202. The third-order valence-electron chi connectivity index (χ3n) is 3.39. The summed E-state index contributed by atoms with van der Waals surface area (Å²) in [5.74, 6) is 0.159. The zero-order chi connectivity index (χ0) is 12.6. The first kappa shape index (κ1) is 14.4. The van der Waals surface area contributed by atoms with E-state index >= 15 is 0 Å². The molecule has 1 atom stereocenters. The first-order chi connectivity index (χ1) is 8.25. The van der Waals surface area contributed by atoms with Crippen LogP contribution in [0.4, 0.5) is 0 Å². The van der Waals surface area contributed by atoms with Crippen LogP contribution in [0.1, 0.15) is 26.2 Å². The van der Waals surface area contributed by atoms with Gasteiger partial charge in [-0.05, 0) is 25.8 Å². The fourth-order valence-corrected chi connectivity index (χ4v) is 2.13. The molecule has 1 fully saturated rings. The Morgan fingerprint density at radius 3 is 2.94 bits per heavy atom. The topological polar surface area (TPSA) is 70.6 Å². The molecule has 1 unspecified atom stereocenters. The second-order valence-electron chi connectivity index (χ2n) is 4.51. The van der Waals surface area contributed by atoms with Crippen molar-refractivity contribution >= 4 is 5.91 Å². The molecule has 0 saturated carbocycles. The van der Waals surface area contributed by atoms with Crippen molar-refractivity contribution < 1.29 is 14.6 Å². The summed E-state index contributed by atoms with van der Waals surface area (Å²) in [5.41, 5.74) is -0.202. The number of amides is 1. The number of aliphatic hydroxyl groups excluding tert-OH is 1. The maximum absolute atomic E-state index is 12.1. The fraction of sp³-hybridized carbons (Fsp3) is 0.917. The lowest BCUT2D eigenvalue weighted by Gasteiger charge is -2.25. The monoisotopic (exact) mass is 244 g/mol. The van der Waals surface area contributed by atoms with E-state index in [4.69, 9.17) is 9.84 Å². The molecular formula is C12H24N2O3. The number of rotatable bonds is 8. The van der Waals surface area contributed by atoms with Crippen LogP contribution < -0.4 is 10.6 Å². The van der Waals surface area contributed by atoms with E-state index in [-0.39, 0.29) is 17.9 Å². The van der Waals surface area contributed by atoms with E-state index in [0.29, 0.717) is 19.8 Å². The summed E-state index contributed by atoms with van der Waals surface area (Å²) >= 11 is 0. The van der Waals surface area contributed by atoms with Crippen LogP contribution in [0.25, 0.3) is 0 Å². The van der Waals surface area contributed by atoms with Crippen molar-refractivity contribution in [2.45, 2.75) is 26.2 Å². The van der Waals surface area contributed by atoms with Crippen LogP contribution in [0.3, 0.4) is 0 Å². The summed E-state index contributed by atoms with van der Waals surface area (Å²) in [5, 5.41) is 14.7. The molecule has 1 amide bonds. The molecule has 1 rings (SSSR count). The van der Waals surface area contributed by atoms with E-state index < -0.39 is 0 Å². The number of hydrogen-bond acceptors (Lipinski definition) is 4. The summed E-state index contributed by atoms with van der Waals surface area (Å²) in [6.07, 6.45) is 2.60. The van der Waals surface area contributed by atoms with Gasteiger partial charge in [0.1, 0.15) is 0 Å². The van der Waals surface area contributed by atoms with Crippen molar-refractivity contribution in [1.82, 2.24) is 10.6 Å². The van der Waals surface area contributed by atoms with Gasteiger partial charge in [-0.15, -0.1) is 0 Å². The van der Waals surface area contributed by atoms with E-state index in [9.17, 15) is 4.79 Å². The van der Waals surface area contributed by atoms with Crippen LogP contribution in [0.2, 0.25) is 0 Å². The quantitative estimate of drug-likeness (QED) is 0.521. The van der Waals surface area contributed by atoms with E-state index in [0.717, 1.165) is 32.4 Å². The normalized spacial score (nSPS) is 23.9. The Labute approximate surface area is 103 Å². The number of aliphatic hydroxyl groups is 1. The standard InChI is InChI=1S/C12H24N2O3/c1-2-12(4-6-13-10-12)11(16)14-5-3-8-17-9-7-15/h13,15H,2-10H2,1H3,(H,14,16). The summed E-state index contributed by atoms with van der Waals surface area (Å²) < 4.78 is 5.13. The molecule has 0 aliphatic carbocycles. The Bertz CT molecular complexity index is 228. The largest absolute Gasteiger partial charge is 0.394 e. The van der Waals surface area contributed by atoms with Gasteiger partial charge in [0.2, 0.25) is 5.91 Å². The lowest BCUT2D eigenvalue weighted by Crippen LogP contribution is -2.42. The van der Waals surface area contributed by atoms with Crippen molar-refractivity contribution in [3.05, 3.63) is 0 Å². The Kier molecular flexibility index (Phi) is 6.47. The zero-order valence-electron chi connectivity index (χ0n) is 10.6. The lowest BCUT2D eigenvalue weighted by atomic mass is 9.83. The Balaban J connectivity index is 2.15. The molecule has 1 aliphatic heterocycles. The molecule has 5 heteroatoms. The summed E-state index contributed by atoms with van der Waals surface area (Å²) in [6, 6.07) is 0. The number of hydrogen-bond donors (Lipinski definition) is 3. The van der Waals surface area contributed by atoms with Gasteiger partial charge in [-0.1, -0.05) is 6.92 Å². The van der Waals surface area contributed by atoms with Gasteiger partial charge in [0, 0.05) is 19.7 Å². The first-order valence-corrected chi connectivity index (χ1v) is 6.43. The van der Waals surface area contributed by atoms with Gasteiger partial charge in [-0.2, -0.15) is 0 Å². The summed E-state index contributed by atoms with van der Waals surface area (Å²) in [4.78, 5) is 12.1. The van der Waals surface area contributed by atoms with Gasteiger partial charge < -0.3 is 20.5 Å². The van der Waals surface area contributed by atoms with Crippen molar-refractivity contribution in [3.8, 4) is 0 Å². The highest BCUT2D eigenvalue weighted by Gasteiger charge is 2.38. The summed E-state index contributed by atoms with van der Waals surface area (Å²) in [7, 11) is 0. The molecular weight excluding hydrogens is 220 g/mol. The molecule has 5 nitrogen and oxygen atoms in total. The van der Waals surface area contributed by atoms with Crippen molar-refractivity contribution in [2.24, 2.45) is 5.41 Å². The van der Waals surface area contributed by atoms with Crippen LogP contribution in [-0.2, 0) is 9.53 Å². The maximum Gasteiger partial charge on any atom is 0.227 e. The van der Waals surface area contributed by atoms with E-state index in [1.165, 1.54) is 0 Å². The van der Waals surface area contributed by atoms with Gasteiger partial charge in [-0.3, -0.25) is 4.79 Å². The molecule has 0 bridgehead atoms. The highest BCUT2D eigenvalue weighted by molar-refractivity contribution is 5.83. The number of carbonyl (C=O) groups is 1. The van der Waals surface area contributed by atoms with Crippen LogP contribution in [0.15, 0.2) is 0 Å². The van der Waals surface area contributed by atoms with Gasteiger partial charge in [0.25, 0.3) is 0 Å². The molecule has 1 saturated heterocycles. The molecule has 1 heterocycles. The lowest BCUT2D eigenvalue weighted by molar-refractivity contribution is -0.130. The predicted octanol–water partition coefficient (Wildman–Crippen LogP) is -0.109. The van der Waals surface area contributed by atoms with E-state index in [1.807, 2.05) is 0 Å². The van der Waals surface area contributed by atoms with Gasteiger partial charge >= 0.3 is 0 Å². The zero-order valence-corrected chi connectivity index (χ0v) is 10.6. The molecule has 0 spiro atoms. The predicted molar refractivity (Wildman–Crippen MR) is 65.7 cm³/mol. The Morgan fingerprint density at radius 2 is 2.35 bits per heavy atom.